The average molecular weight is 398 g/mol. The van der Waals surface area contributed by atoms with Crippen LogP contribution in [0.2, 0.25) is 0 Å². The average Bonchev–Trinajstić information content (AvgIpc) is 3.52. The van der Waals surface area contributed by atoms with Crippen LogP contribution in [0.3, 0.4) is 0 Å². The third-order valence-electron chi connectivity index (χ3n) is 4.47. The number of aryl methyl sites for hydroxylation is 1. The predicted octanol–water partition coefficient (Wildman–Crippen LogP) is 5.55. The fourth-order valence-electron chi connectivity index (χ4n) is 2.92. The predicted molar refractivity (Wildman–Crippen MR) is 118 cm³/mol. The van der Waals surface area contributed by atoms with Gasteiger partial charge in [0.2, 0.25) is 0 Å². The largest absolute Gasteiger partial charge is 0.444 e. The van der Waals surface area contributed by atoms with Crippen LogP contribution in [0.15, 0.2) is 60.7 Å². The van der Waals surface area contributed by atoms with Crippen molar-refractivity contribution >= 4 is 6.09 Å². The SMILES string of the molecule is CC(C)(C)OC(=O)N[C@@H](Cc1ccccc1)[C@H]1CO1.CCCCc1ccccc1. The van der Waals surface area contributed by atoms with Crippen LogP contribution in [-0.4, -0.2) is 30.4 Å². The third-order valence-corrected chi connectivity index (χ3v) is 4.47. The molecule has 0 bridgehead atoms. The lowest BCUT2D eigenvalue weighted by molar-refractivity contribution is 0.0495. The number of benzene rings is 2. The highest BCUT2D eigenvalue weighted by Gasteiger charge is 2.34. The molecule has 4 heteroatoms. The molecule has 4 nitrogen and oxygen atoms in total. The molecular formula is C25H35NO3. The van der Waals surface area contributed by atoms with E-state index in [0.717, 1.165) is 6.42 Å². The highest BCUT2D eigenvalue weighted by Crippen LogP contribution is 2.19. The maximum Gasteiger partial charge on any atom is 0.407 e. The topological polar surface area (TPSA) is 50.9 Å². The van der Waals surface area contributed by atoms with Crippen LogP contribution in [0.1, 0.15) is 51.7 Å². The van der Waals surface area contributed by atoms with Gasteiger partial charge in [-0.05, 0) is 51.2 Å². The van der Waals surface area contributed by atoms with E-state index >= 15 is 0 Å². The minimum atomic E-state index is -0.480. The molecule has 1 saturated heterocycles. The molecule has 0 unspecified atom stereocenters. The quantitative estimate of drug-likeness (QED) is 0.623. The Labute approximate surface area is 175 Å². The van der Waals surface area contributed by atoms with Gasteiger partial charge in [0, 0.05) is 0 Å². The zero-order valence-electron chi connectivity index (χ0n) is 18.2. The zero-order chi connectivity index (χ0) is 21.1. The fraction of sp³-hybridized carbons (Fsp3) is 0.480. The number of carbonyl (C=O) groups is 1. The van der Waals surface area contributed by atoms with E-state index in [-0.39, 0.29) is 18.2 Å². The summed E-state index contributed by atoms with van der Waals surface area (Å²) in [6.45, 7) is 8.49. The van der Waals surface area contributed by atoms with Gasteiger partial charge in [0.15, 0.2) is 0 Å². The molecule has 1 amide bonds. The van der Waals surface area contributed by atoms with E-state index in [2.05, 4.69) is 42.6 Å². The molecule has 0 aliphatic carbocycles. The second-order valence-corrected chi connectivity index (χ2v) is 8.40. The van der Waals surface area contributed by atoms with Crippen molar-refractivity contribution in [3.05, 3.63) is 71.8 Å². The van der Waals surface area contributed by atoms with Gasteiger partial charge in [-0.25, -0.2) is 4.79 Å². The fourth-order valence-corrected chi connectivity index (χ4v) is 2.92. The second kappa shape index (κ2) is 11.6. The first-order valence-electron chi connectivity index (χ1n) is 10.6. The van der Waals surface area contributed by atoms with Gasteiger partial charge in [0.05, 0.1) is 12.6 Å². The molecule has 1 aliphatic heterocycles. The molecule has 0 aromatic heterocycles. The molecule has 3 rings (SSSR count). The molecule has 1 heterocycles. The molecule has 2 atom stereocenters. The Balaban J connectivity index is 0.000000253. The molecule has 1 aliphatic rings. The van der Waals surface area contributed by atoms with Crippen molar-refractivity contribution in [2.45, 2.75) is 71.1 Å². The van der Waals surface area contributed by atoms with Gasteiger partial charge >= 0.3 is 6.09 Å². The molecule has 2 aromatic carbocycles. The molecule has 29 heavy (non-hydrogen) atoms. The Morgan fingerprint density at radius 2 is 1.62 bits per heavy atom. The Kier molecular flexibility index (Phi) is 9.20. The first-order valence-corrected chi connectivity index (χ1v) is 10.6. The summed E-state index contributed by atoms with van der Waals surface area (Å²) >= 11 is 0. The van der Waals surface area contributed by atoms with Crippen molar-refractivity contribution in [3.8, 4) is 0 Å². The maximum atomic E-state index is 11.8. The Hall–Kier alpha value is -2.33. The lowest BCUT2D eigenvalue weighted by Crippen LogP contribution is -2.43. The molecule has 1 fully saturated rings. The van der Waals surface area contributed by atoms with Crippen molar-refractivity contribution in [1.82, 2.24) is 5.32 Å². The van der Waals surface area contributed by atoms with Crippen LogP contribution in [0.25, 0.3) is 0 Å². The van der Waals surface area contributed by atoms with Crippen LogP contribution in [-0.2, 0) is 22.3 Å². The number of carbonyl (C=O) groups excluding carboxylic acids is 1. The normalized spacial score (nSPS) is 16.2. The highest BCUT2D eigenvalue weighted by molar-refractivity contribution is 5.68. The molecule has 158 valence electrons. The molecule has 1 N–H and O–H groups in total. The van der Waals surface area contributed by atoms with Crippen molar-refractivity contribution in [3.63, 3.8) is 0 Å². The Bertz CT molecular complexity index is 706. The van der Waals surface area contributed by atoms with Crippen molar-refractivity contribution < 1.29 is 14.3 Å². The summed E-state index contributed by atoms with van der Waals surface area (Å²) in [4.78, 5) is 11.8. The summed E-state index contributed by atoms with van der Waals surface area (Å²) in [5.41, 5.74) is 2.16. The summed E-state index contributed by atoms with van der Waals surface area (Å²) in [6.07, 6.45) is 4.30. The third kappa shape index (κ3) is 10.1. The van der Waals surface area contributed by atoms with E-state index in [1.165, 1.54) is 30.4 Å². The summed E-state index contributed by atoms with van der Waals surface area (Å²) in [5, 5.41) is 2.90. The lowest BCUT2D eigenvalue weighted by Gasteiger charge is -2.23. The first-order chi connectivity index (χ1) is 13.9. The van der Waals surface area contributed by atoms with E-state index in [0.29, 0.717) is 6.61 Å². The number of hydrogen-bond donors (Lipinski definition) is 1. The van der Waals surface area contributed by atoms with Crippen molar-refractivity contribution in [1.29, 1.82) is 0 Å². The number of alkyl carbamates (subject to hydrolysis) is 1. The van der Waals surface area contributed by atoms with E-state index in [1.807, 2.05) is 51.1 Å². The second-order valence-electron chi connectivity index (χ2n) is 8.40. The van der Waals surface area contributed by atoms with Gasteiger partial charge in [-0.1, -0.05) is 74.0 Å². The number of rotatable bonds is 7. The van der Waals surface area contributed by atoms with Gasteiger partial charge < -0.3 is 14.8 Å². The number of epoxide rings is 1. The van der Waals surface area contributed by atoms with Gasteiger partial charge in [-0.15, -0.1) is 0 Å². The summed E-state index contributed by atoms with van der Waals surface area (Å²) < 4.78 is 10.6. The molecule has 0 radical (unpaired) electrons. The Morgan fingerprint density at radius 1 is 1.07 bits per heavy atom. The minimum Gasteiger partial charge on any atom is -0.444 e. The number of amides is 1. The van der Waals surface area contributed by atoms with Crippen molar-refractivity contribution in [2.24, 2.45) is 0 Å². The van der Waals surface area contributed by atoms with Crippen molar-refractivity contribution in [2.75, 3.05) is 6.61 Å². The minimum absolute atomic E-state index is 0.0303. The smallest absolute Gasteiger partial charge is 0.407 e. The van der Waals surface area contributed by atoms with E-state index in [1.54, 1.807) is 0 Å². The monoisotopic (exact) mass is 397 g/mol. The maximum absolute atomic E-state index is 11.8. The van der Waals surface area contributed by atoms with Gasteiger partial charge in [0.1, 0.15) is 11.7 Å². The van der Waals surface area contributed by atoms with Gasteiger partial charge in [-0.2, -0.15) is 0 Å². The number of ether oxygens (including phenoxy) is 2. The first kappa shape index (κ1) is 23.0. The van der Waals surface area contributed by atoms with Crippen LogP contribution in [0.4, 0.5) is 4.79 Å². The molecule has 2 aromatic rings. The molecular weight excluding hydrogens is 362 g/mol. The summed E-state index contributed by atoms with van der Waals surface area (Å²) in [5.74, 6) is 0. The van der Waals surface area contributed by atoms with Gasteiger partial charge in [0.25, 0.3) is 0 Å². The van der Waals surface area contributed by atoms with Gasteiger partial charge in [-0.3, -0.25) is 0 Å². The van der Waals surface area contributed by atoms with E-state index in [9.17, 15) is 4.79 Å². The standard InChI is InChI=1S/C15H21NO3.C10H14/c1-15(2,3)19-14(17)16-12(13-10-18-13)9-11-7-5-4-6-8-11;1-2-3-7-10-8-5-4-6-9-10/h4-8,12-13H,9-10H2,1-3H3,(H,16,17);4-6,8-9H,2-3,7H2,1H3/t12-,13+;/m0./s1. The highest BCUT2D eigenvalue weighted by atomic mass is 16.6. The zero-order valence-corrected chi connectivity index (χ0v) is 18.2. The van der Waals surface area contributed by atoms with E-state index < -0.39 is 5.60 Å². The summed E-state index contributed by atoms with van der Waals surface area (Å²) in [6, 6.07) is 20.7. The van der Waals surface area contributed by atoms with Crippen LogP contribution >= 0.6 is 0 Å². The number of hydrogen-bond acceptors (Lipinski definition) is 3. The number of unbranched alkanes of at least 4 members (excludes halogenated alkanes) is 1. The van der Waals surface area contributed by atoms with Crippen LogP contribution in [0.5, 0.6) is 0 Å². The molecule has 0 spiro atoms. The number of nitrogens with one attached hydrogen (secondary N) is 1. The lowest BCUT2D eigenvalue weighted by atomic mass is 10.0. The van der Waals surface area contributed by atoms with E-state index in [4.69, 9.17) is 9.47 Å². The molecule has 0 saturated carbocycles. The summed E-state index contributed by atoms with van der Waals surface area (Å²) in [7, 11) is 0. The van der Waals surface area contributed by atoms with Crippen LogP contribution in [0, 0.1) is 0 Å². The van der Waals surface area contributed by atoms with Crippen LogP contribution < -0.4 is 5.32 Å². The Morgan fingerprint density at radius 3 is 2.10 bits per heavy atom.